The Labute approximate surface area is 116 Å². The normalized spacial score (nSPS) is 11.1. The Morgan fingerprint density at radius 2 is 2.05 bits per heavy atom. The highest BCUT2D eigenvalue weighted by Gasteiger charge is 2.16. The average molecular weight is 273 g/mol. The van der Waals surface area contributed by atoms with Crippen molar-refractivity contribution in [2.24, 2.45) is 0 Å². The molecule has 3 rings (SSSR count). The van der Waals surface area contributed by atoms with Gasteiger partial charge in [-0.3, -0.25) is 0 Å². The minimum atomic E-state index is 0.527. The summed E-state index contributed by atoms with van der Waals surface area (Å²) in [5, 5.41) is 0.527. The number of aromatic amines is 2. The molecule has 0 aliphatic carbocycles. The first-order chi connectivity index (χ1) is 9.28. The molecule has 3 aromatic rings. The Kier molecular flexibility index (Phi) is 3.22. The standard InChI is InChI=1S/C15H14ClN3/c1-2-6-13-17-12-9-11(10-7-4-3-5-8-10)18-14(12)15(16)19-13/h3-5,7-9,18H,2,6H2,1H3/p+1. The third kappa shape index (κ3) is 2.34. The Morgan fingerprint density at radius 1 is 1.26 bits per heavy atom. The highest BCUT2D eigenvalue weighted by atomic mass is 35.5. The molecule has 0 radical (unpaired) electrons. The molecule has 0 aliphatic rings. The van der Waals surface area contributed by atoms with Gasteiger partial charge >= 0.3 is 0 Å². The van der Waals surface area contributed by atoms with Crippen molar-refractivity contribution in [2.45, 2.75) is 19.8 Å². The number of aryl methyl sites for hydroxylation is 1. The quantitative estimate of drug-likeness (QED) is 0.727. The van der Waals surface area contributed by atoms with Gasteiger partial charge in [-0.15, -0.1) is 0 Å². The first kappa shape index (κ1) is 12.2. The number of rotatable bonds is 3. The molecule has 3 nitrogen and oxygen atoms in total. The van der Waals surface area contributed by atoms with Crippen LogP contribution in [0.2, 0.25) is 5.15 Å². The minimum absolute atomic E-state index is 0.527. The number of H-pyrrole nitrogens is 2. The van der Waals surface area contributed by atoms with Crippen molar-refractivity contribution in [1.29, 1.82) is 0 Å². The maximum atomic E-state index is 6.24. The van der Waals surface area contributed by atoms with Crippen molar-refractivity contribution >= 4 is 22.6 Å². The van der Waals surface area contributed by atoms with E-state index in [2.05, 4.69) is 40.1 Å². The van der Waals surface area contributed by atoms with E-state index in [0.29, 0.717) is 5.15 Å². The fraction of sp³-hybridized carbons (Fsp3) is 0.200. The van der Waals surface area contributed by atoms with Crippen LogP contribution in [0, 0.1) is 0 Å². The van der Waals surface area contributed by atoms with E-state index in [4.69, 9.17) is 11.6 Å². The number of benzene rings is 1. The van der Waals surface area contributed by atoms with Crippen LogP contribution >= 0.6 is 11.6 Å². The zero-order valence-corrected chi connectivity index (χ0v) is 11.5. The number of fused-ring (bicyclic) bond motifs is 1. The molecular weight excluding hydrogens is 258 g/mol. The summed E-state index contributed by atoms with van der Waals surface area (Å²) in [7, 11) is 0. The summed E-state index contributed by atoms with van der Waals surface area (Å²) in [5.74, 6) is 0.929. The van der Waals surface area contributed by atoms with Crippen LogP contribution < -0.4 is 4.98 Å². The van der Waals surface area contributed by atoms with Crippen LogP contribution in [0.25, 0.3) is 22.3 Å². The summed E-state index contributed by atoms with van der Waals surface area (Å²) in [5.41, 5.74) is 4.05. The van der Waals surface area contributed by atoms with Gasteiger partial charge < -0.3 is 4.98 Å². The lowest BCUT2D eigenvalue weighted by Crippen LogP contribution is -2.14. The van der Waals surface area contributed by atoms with Crippen LogP contribution in [0.3, 0.4) is 0 Å². The van der Waals surface area contributed by atoms with Crippen molar-refractivity contribution in [3.05, 3.63) is 47.4 Å². The molecule has 0 amide bonds. The van der Waals surface area contributed by atoms with Gasteiger partial charge in [0.1, 0.15) is 0 Å². The lowest BCUT2D eigenvalue weighted by Gasteiger charge is -1.94. The van der Waals surface area contributed by atoms with Crippen molar-refractivity contribution < 1.29 is 4.98 Å². The van der Waals surface area contributed by atoms with E-state index in [1.54, 1.807) is 0 Å². The Bertz CT molecular complexity index is 704. The molecule has 0 bridgehead atoms. The first-order valence-corrected chi connectivity index (χ1v) is 6.81. The SMILES string of the molecule is CCCc1nc(Cl)c2[nH]c(-c3ccccc3)cc2[nH+]1. The number of nitrogens with one attached hydrogen (secondary N) is 2. The Balaban J connectivity index is 2.13. The molecule has 2 N–H and O–H groups in total. The van der Waals surface area contributed by atoms with E-state index < -0.39 is 0 Å². The van der Waals surface area contributed by atoms with Crippen molar-refractivity contribution in [3.8, 4) is 11.3 Å². The second kappa shape index (κ2) is 5.02. The number of nitrogens with zero attached hydrogens (tertiary/aromatic N) is 1. The highest BCUT2D eigenvalue weighted by Crippen LogP contribution is 2.25. The van der Waals surface area contributed by atoms with E-state index in [0.717, 1.165) is 41.0 Å². The molecule has 4 heteroatoms. The van der Waals surface area contributed by atoms with E-state index >= 15 is 0 Å². The highest BCUT2D eigenvalue weighted by molar-refractivity contribution is 6.33. The zero-order chi connectivity index (χ0) is 13.2. The molecule has 0 fully saturated rings. The molecular formula is C15H15ClN3+. The number of aromatic nitrogens is 3. The Hall–Kier alpha value is -1.87. The van der Waals surface area contributed by atoms with Gasteiger partial charge in [0, 0.05) is 6.07 Å². The zero-order valence-electron chi connectivity index (χ0n) is 10.7. The van der Waals surface area contributed by atoms with Crippen LogP contribution in [0.1, 0.15) is 19.2 Å². The second-order valence-electron chi connectivity index (χ2n) is 4.56. The summed E-state index contributed by atoms with van der Waals surface area (Å²) in [6.45, 7) is 2.13. The maximum Gasteiger partial charge on any atom is 0.298 e. The molecule has 0 spiro atoms. The summed E-state index contributed by atoms with van der Waals surface area (Å²) in [4.78, 5) is 11.0. The number of halogens is 1. The van der Waals surface area contributed by atoms with Gasteiger partial charge in [0.15, 0.2) is 11.0 Å². The third-order valence-corrected chi connectivity index (χ3v) is 3.38. The van der Waals surface area contributed by atoms with Crippen LogP contribution in [-0.4, -0.2) is 9.97 Å². The number of hydrogen-bond donors (Lipinski definition) is 1. The first-order valence-electron chi connectivity index (χ1n) is 6.43. The van der Waals surface area contributed by atoms with Gasteiger partial charge in [-0.1, -0.05) is 37.3 Å². The lowest BCUT2D eigenvalue weighted by molar-refractivity contribution is -0.363. The second-order valence-corrected chi connectivity index (χ2v) is 4.92. The molecule has 2 aromatic heterocycles. The fourth-order valence-corrected chi connectivity index (χ4v) is 2.45. The number of hydrogen-bond acceptors (Lipinski definition) is 1. The topological polar surface area (TPSA) is 42.8 Å². The minimum Gasteiger partial charge on any atom is -0.347 e. The van der Waals surface area contributed by atoms with Gasteiger partial charge in [0.05, 0.1) is 12.1 Å². The predicted octanol–water partition coefficient (Wildman–Crippen LogP) is 3.65. The molecule has 0 unspecified atom stereocenters. The van der Waals surface area contributed by atoms with Crippen molar-refractivity contribution in [2.75, 3.05) is 0 Å². The summed E-state index contributed by atoms with van der Waals surface area (Å²) < 4.78 is 0. The molecule has 96 valence electrons. The lowest BCUT2D eigenvalue weighted by atomic mass is 10.2. The van der Waals surface area contributed by atoms with Crippen molar-refractivity contribution in [1.82, 2.24) is 9.97 Å². The van der Waals surface area contributed by atoms with Crippen LogP contribution in [-0.2, 0) is 6.42 Å². The van der Waals surface area contributed by atoms with Gasteiger partial charge in [-0.25, -0.2) is 4.98 Å². The Morgan fingerprint density at radius 3 is 2.79 bits per heavy atom. The molecule has 2 heterocycles. The summed E-state index contributed by atoms with van der Waals surface area (Å²) in [6, 6.07) is 12.3. The maximum absolute atomic E-state index is 6.24. The van der Waals surface area contributed by atoms with Gasteiger partial charge in [-0.05, 0) is 28.6 Å². The van der Waals surface area contributed by atoms with Gasteiger partial charge in [-0.2, -0.15) is 0 Å². The van der Waals surface area contributed by atoms with E-state index in [9.17, 15) is 0 Å². The van der Waals surface area contributed by atoms with Crippen LogP contribution in [0.5, 0.6) is 0 Å². The van der Waals surface area contributed by atoms with Crippen molar-refractivity contribution in [3.63, 3.8) is 0 Å². The summed E-state index contributed by atoms with van der Waals surface area (Å²) in [6.07, 6.45) is 1.95. The molecule has 0 atom stereocenters. The van der Waals surface area contributed by atoms with Crippen LogP contribution in [0.15, 0.2) is 36.4 Å². The summed E-state index contributed by atoms with van der Waals surface area (Å²) >= 11 is 6.24. The predicted molar refractivity (Wildman–Crippen MR) is 77.1 cm³/mol. The molecule has 0 saturated heterocycles. The van der Waals surface area contributed by atoms with Crippen LogP contribution in [0.4, 0.5) is 0 Å². The monoisotopic (exact) mass is 272 g/mol. The largest absolute Gasteiger partial charge is 0.347 e. The van der Waals surface area contributed by atoms with E-state index in [-0.39, 0.29) is 0 Å². The molecule has 0 saturated carbocycles. The van der Waals surface area contributed by atoms with Gasteiger partial charge in [0.2, 0.25) is 0 Å². The molecule has 19 heavy (non-hydrogen) atoms. The smallest absolute Gasteiger partial charge is 0.298 e. The average Bonchev–Trinajstić information content (AvgIpc) is 2.85. The fourth-order valence-electron chi connectivity index (χ4n) is 2.20. The van der Waals surface area contributed by atoms with Gasteiger partial charge in [0.25, 0.3) is 11.0 Å². The van der Waals surface area contributed by atoms with E-state index in [1.165, 1.54) is 0 Å². The molecule has 1 aromatic carbocycles. The van der Waals surface area contributed by atoms with E-state index in [1.807, 2.05) is 18.2 Å². The third-order valence-electron chi connectivity index (χ3n) is 3.11. The molecule has 0 aliphatic heterocycles.